The topological polar surface area (TPSA) is 69.6 Å². The number of para-hydroxylation sites is 1. The fourth-order valence-electron chi connectivity index (χ4n) is 4.16. The number of benzene rings is 1. The summed E-state index contributed by atoms with van der Waals surface area (Å²) in [5.74, 6) is -1.42. The number of fused-ring (bicyclic) bond motifs is 1. The van der Waals surface area contributed by atoms with Gasteiger partial charge in [0.05, 0.1) is 30.3 Å². The maximum atomic E-state index is 13.0. The van der Waals surface area contributed by atoms with E-state index in [9.17, 15) is 9.59 Å². The molecule has 6 heteroatoms. The van der Waals surface area contributed by atoms with Gasteiger partial charge in [-0.25, -0.2) is 9.59 Å². The molecule has 0 spiro atoms. The standard InChI is InChI=1S/C23H28N2O4/c1-7-28-22(26)18-13(3)24-14(4)19(23(27)29-8-2)21(18)20-15(5)25(6)17-12-10-9-11-16(17)20/h9-12,21,24H,7-8H2,1-6H3. The minimum Gasteiger partial charge on any atom is -0.463 e. The minimum atomic E-state index is -0.569. The third-order valence-electron chi connectivity index (χ3n) is 5.49. The van der Waals surface area contributed by atoms with Gasteiger partial charge in [-0.3, -0.25) is 0 Å². The molecule has 2 heterocycles. The molecule has 0 bridgehead atoms. The number of nitrogens with one attached hydrogen (secondary N) is 1. The third-order valence-corrected chi connectivity index (χ3v) is 5.49. The van der Waals surface area contributed by atoms with Gasteiger partial charge in [0.2, 0.25) is 0 Å². The molecule has 154 valence electrons. The molecule has 1 aliphatic rings. The molecule has 29 heavy (non-hydrogen) atoms. The van der Waals surface area contributed by atoms with Gasteiger partial charge in [0.15, 0.2) is 0 Å². The van der Waals surface area contributed by atoms with Crippen molar-refractivity contribution in [3.8, 4) is 0 Å². The number of aryl methyl sites for hydroxylation is 1. The number of hydrogen-bond acceptors (Lipinski definition) is 5. The maximum absolute atomic E-state index is 13.0. The summed E-state index contributed by atoms with van der Waals surface area (Å²) in [6.45, 7) is 9.75. The molecule has 0 amide bonds. The number of carbonyl (C=O) groups is 2. The molecular weight excluding hydrogens is 368 g/mol. The molecule has 0 aliphatic carbocycles. The molecule has 2 aromatic rings. The smallest absolute Gasteiger partial charge is 0.336 e. The van der Waals surface area contributed by atoms with Crippen LogP contribution in [-0.2, 0) is 26.1 Å². The average molecular weight is 396 g/mol. The molecule has 0 saturated heterocycles. The lowest BCUT2D eigenvalue weighted by atomic mass is 9.79. The lowest BCUT2D eigenvalue weighted by Crippen LogP contribution is -2.32. The lowest BCUT2D eigenvalue weighted by Gasteiger charge is -2.30. The average Bonchev–Trinajstić information content (AvgIpc) is 2.92. The zero-order valence-electron chi connectivity index (χ0n) is 17.9. The highest BCUT2D eigenvalue weighted by Gasteiger charge is 2.40. The first-order valence-electron chi connectivity index (χ1n) is 9.90. The quantitative estimate of drug-likeness (QED) is 0.778. The molecule has 1 aromatic carbocycles. The summed E-state index contributed by atoms with van der Waals surface area (Å²) < 4.78 is 12.8. The van der Waals surface area contributed by atoms with Crippen molar-refractivity contribution in [1.82, 2.24) is 9.88 Å². The molecule has 0 fully saturated rings. The molecule has 0 unspecified atom stereocenters. The Morgan fingerprint density at radius 2 is 1.48 bits per heavy atom. The first-order chi connectivity index (χ1) is 13.8. The van der Waals surface area contributed by atoms with Crippen LogP contribution in [0.3, 0.4) is 0 Å². The summed E-state index contributed by atoms with van der Waals surface area (Å²) in [7, 11) is 1.99. The van der Waals surface area contributed by atoms with Gasteiger partial charge in [-0.15, -0.1) is 0 Å². The molecule has 0 saturated carbocycles. The molecule has 1 aliphatic heterocycles. The molecule has 3 rings (SSSR count). The second kappa shape index (κ2) is 8.15. The van der Waals surface area contributed by atoms with Crippen LogP contribution in [0.2, 0.25) is 0 Å². The number of esters is 2. The van der Waals surface area contributed by atoms with Crippen molar-refractivity contribution in [1.29, 1.82) is 0 Å². The van der Waals surface area contributed by atoms with Crippen LogP contribution in [0, 0.1) is 6.92 Å². The van der Waals surface area contributed by atoms with Crippen molar-refractivity contribution >= 4 is 22.8 Å². The molecule has 0 radical (unpaired) electrons. The van der Waals surface area contributed by atoms with E-state index in [4.69, 9.17) is 9.47 Å². The Morgan fingerprint density at radius 1 is 0.966 bits per heavy atom. The fourth-order valence-corrected chi connectivity index (χ4v) is 4.16. The predicted molar refractivity (Wildman–Crippen MR) is 112 cm³/mol. The van der Waals surface area contributed by atoms with Crippen LogP contribution in [0.15, 0.2) is 46.8 Å². The number of rotatable bonds is 5. The summed E-state index contributed by atoms with van der Waals surface area (Å²) in [4.78, 5) is 26.0. The SMILES string of the molecule is CCOC(=O)C1=C(C)NC(C)=C(C(=O)OCC)C1c1c(C)n(C)c2ccccc12. The van der Waals surface area contributed by atoms with E-state index in [1.165, 1.54) is 0 Å². The Bertz CT molecular complexity index is 1000. The summed E-state index contributed by atoms with van der Waals surface area (Å²) in [6.07, 6.45) is 0. The van der Waals surface area contributed by atoms with E-state index in [0.717, 1.165) is 22.2 Å². The number of hydrogen-bond donors (Lipinski definition) is 1. The van der Waals surface area contributed by atoms with Crippen LogP contribution in [0.25, 0.3) is 10.9 Å². The first-order valence-corrected chi connectivity index (χ1v) is 9.90. The van der Waals surface area contributed by atoms with Gasteiger partial charge in [-0.2, -0.15) is 0 Å². The normalized spacial score (nSPS) is 15.0. The number of dihydropyridines is 1. The van der Waals surface area contributed by atoms with Crippen molar-refractivity contribution in [2.24, 2.45) is 7.05 Å². The highest BCUT2D eigenvalue weighted by Crippen LogP contribution is 2.44. The summed E-state index contributed by atoms with van der Waals surface area (Å²) >= 11 is 0. The van der Waals surface area contributed by atoms with E-state index in [1.54, 1.807) is 13.8 Å². The molecule has 6 nitrogen and oxygen atoms in total. The van der Waals surface area contributed by atoms with Gasteiger partial charge in [-0.1, -0.05) is 18.2 Å². The van der Waals surface area contributed by atoms with Crippen LogP contribution in [0.4, 0.5) is 0 Å². The van der Waals surface area contributed by atoms with Crippen LogP contribution < -0.4 is 5.32 Å². The van der Waals surface area contributed by atoms with Gasteiger partial charge in [-0.05, 0) is 46.2 Å². The second-order valence-electron chi connectivity index (χ2n) is 7.15. The zero-order valence-corrected chi connectivity index (χ0v) is 17.9. The Hall–Kier alpha value is -3.02. The van der Waals surface area contributed by atoms with Crippen molar-refractivity contribution in [3.63, 3.8) is 0 Å². The van der Waals surface area contributed by atoms with E-state index in [0.29, 0.717) is 22.5 Å². The van der Waals surface area contributed by atoms with Crippen molar-refractivity contribution in [3.05, 3.63) is 58.1 Å². The van der Waals surface area contributed by atoms with E-state index in [2.05, 4.69) is 9.88 Å². The van der Waals surface area contributed by atoms with E-state index in [1.807, 2.05) is 52.1 Å². The highest BCUT2D eigenvalue weighted by atomic mass is 16.5. The number of aromatic nitrogens is 1. The van der Waals surface area contributed by atoms with Crippen molar-refractivity contribution < 1.29 is 19.1 Å². The molecule has 1 N–H and O–H groups in total. The van der Waals surface area contributed by atoms with Crippen molar-refractivity contribution in [2.45, 2.75) is 40.5 Å². The van der Waals surface area contributed by atoms with Crippen LogP contribution in [0.1, 0.15) is 44.9 Å². The van der Waals surface area contributed by atoms with Crippen molar-refractivity contribution in [2.75, 3.05) is 13.2 Å². The number of ether oxygens (including phenoxy) is 2. The molecule has 1 aromatic heterocycles. The Balaban J connectivity index is 2.34. The van der Waals surface area contributed by atoms with Gasteiger partial charge in [0.25, 0.3) is 0 Å². The van der Waals surface area contributed by atoms with E-state index < -0.39 is 17.9 Å². The monoisotopic (exact) mass is 396 g/mol. The van der Waals surface area contributed by atoms with Gasteiger partial charge in [0.1, 0.15) is 0 Å². The van der Waals surface area contributed by atoms with E-state index in [-0.39, 0.29) is 13.2 Å². The Kier molecular flexibility index (Phi) is 5.82. The van der Waals surface area contributed by atoms with Crippen LogP contribution in [0.5, 0.6) is 0 Å². The number of allylic oxidation sites excluding steroid dienone is 2. The second-order valence-corrected chi connectivity index (χ2v) is 7.15. The largest absolute Gasteiger partial charge is 0.463 e. The number of nitrogens with zero attached hydrogens (tertiary/aromatic N) is 1. The molecular formula is C23H28N2O4. The molecule has 0 atom stereocenters. The zero-order chi connectivity index (χ0) is 21.3. The maximum Gasteiger partial charge on any atom is 0.336 e. The third kappa shape index (κ3) is 3.43. The van der Waals surface area contributed by atoms with Gasteiger partial charge < -0.3 is 19.4 Å². The van der Waals surface area contributed by atoms with Crippen LogP contribution in [-0.4, -0.2) is 29.7 Å². The summed E-state index contributed by atoms with van der Waals surface area (Å²) in [6, 6.07) is 8.01. The summed E-state index contributed by atoms with van der Waals surface area (Å²) in [5, 5.41) is 4.19. The van der Waals surface area contributed by atoms with Gasteiger partial charge >= 0.3 is 11.9 Å². The Labute approximate surface area is 171 Å². The summed E-state index contributed by atoms with van der Waals surface area (Å²) in [5.41, 5.74) is 5.22. The minimum absolute atomic E-state index is 0.258. The van der Waals surface area contributed by atoms with E-state index >= 15 is 0 Å². The fraction of sp³-hybridized carbons (Fsp3) is 0.391. The van der Waals surface area contributed by atoms with Gasteiger partial charge in [0, 0.05) is 35.0 Å². The number of carbonyl (C=O) groups excluding carboxylic acids is 2. The first kappa shape index (κ1) is 20.7. The lowest BCUT2D eigenvalue weighted by molar-refractivity contribution is -0.139. The van der Waals surface area contributed by atoms with Crippen LogP contribution >= 0.6 is 0 Å². The predicted octanol–water partition coefficient (Wildman–Crippen LogP) is 3.85. The Morgan fingerprint density at radius 3 is 2.00 bits per heavy atom. The highest BCUT2D eigenvalue weighted by molar-refractivity contribution is 6.02.